The first-order valence-corrected chi connectivity index (χ1v) is 1.47. The van der Waals surface area contributed by atoms with Gasteiger partial charge in [0.15, 0.2) is 0 Å². The molecule has 3 radical (unpaired) electrons. The topological polar surface area (TPSA) is 0 Å². The Morgan fingerprint density at radius 1 is 1.75 bits per heavy atom. The molecule has 0 nitrogen and oxygen atoms in total. The summed E-state index contributed by atoms with van der Waals surface area (Å²) < 4.78 is 0. The molecule has 0 unspecified atom stereocenters. The molecule has 0 heterocycles. The molecule has 0 bridgehead atoms. The summed E-state index contributed by atoms with van der Waals surface area (Å²) in [6.45, 7) is 4.64. The van der Waals surface area contributed by atoms with Gasteiger partial charge in [-0.15, -0.1) is 0 Å². The first-order valence-electron chi connectivity index (χ1n) is 0.552. The van der Waals surface area contributed by atoms with Crippen molar-refractivity contribution in [1.29, 1.82) is 0 Å². The van der Waals surface area contributed by atoms with Crippen molar-refractivity contribution >= 4 is 39.0 Å². The molecule has 0 saturated heterocycles. The van der Waals surface area contributed by atoms with Crippen molar-refractivity contribution in [3.63, 3.8) is 0 Å². The van der Waals surface area contributed by atoms with E-state index in [9.17, 15) is 0 Å². The van der Waals surface area contributed by atoms with Gasteiger partial charge in [0.25, 0.3) is 0 Å². The lowest BCUT2D eigenvalue weighted by Gasteiger charge is -1.26. The highest BCUT2D eigenvalue weighted by atomic mass is 79.9. The quantitative estimate of drug-likeness (QED) is 0.428. The predicted molar refractivity (Wildman–Crippen MR) is 23.6 cm³/mol. The van der Waals surface area contributed by atoms with Crippen LogP contribution in [0.15, 0.2) is 4.99 Å². The fourth-order valence-electron chi connectivity index (χ4n) is 0. The van der Waals surface area contributed by atoms with E-state index in [2.05, 4.69) is 22.5 Å². The van der Waals surface area contributed by atoms with Crippen molar-refractivity contribution in [1.82, 2.24) is 0 Å². The van der Waals surface area contributed by atoms with Gasteiger partial charge in [-0.3, -0.25) is 0 Å². The molecule has 4 heavy (non-hydrogen) atoms. The zero-order chi connectivity index (χ0) is 2.71. The Balaban J connectivity index is 0. The van der Waals surface area contributed by atoms with Crippen LogP contribution in [0.2, 0.25) is 0 Å². The number of rotatable bonds is 0. The van der Waals surface area contributed by atoms with Crippen LogP contribution in [0.1, 0.15) is 0 Å². The smallest absolute Gasteiger partial charge is 0 e. The summed E-state index contributed by atoms with van der Waals surface area (Å²) >= 11 is 2.80. The fraction of sp³-hybridized carbons (Fsp3) is 0. The molecule has 0 aromatic rings. The van der Waals surface area contributed by atoms with Gasteiger partial charge in [0.05, 0.1) is 0 Å². The van der Waals surface area contributed by atoms with E-state index in [0.29, 0.717) is 0 Å². The monoisotopic (exact) mass is 129 g/mol. The van der Waals surface area contributed by atoms with Crippen LogP contribution in [0.25, 0.3) is 0 Å². The summed E-state index contributed by atoms with van der Waals surface area (Å²) in [7, 11) is 0. The average Bonchev–Trinajstić information content (AvgIpc) is 0.918. The van der Waals surface area contributed by atoms with Gasteiger partial charge in [-0.1, -0.05) is 22.5 Å². The van der Waals surface area contributed by atoms with Crippen LogP contribution in [-0.4, -0.2) is 23.1 Å². The fourth-order valence-corrected chi connectivity index (χ4v) is 0. The van der Waals surface area contributed by atoms with Crippen LogP contribution in [0, 0.1) is 6.58 Å². The Kier molecular flexibility index (Phi) is 20.0. The largest absolute Gasteiger partial charge is 0.0595 e. The maximum Gasteiger partial charge on any atom is 0 e. The van der Waals surface area contributed by atoms with Gasteiger partial charge in [-0.2, -0.15) is 0 Å². The third kappa shape index (κ3) is 12.1. The van der Waals surface area contributed by atoms with Gasteiger partial charge < -0.3 is 0 Å². The molecule has 0 rings (SSSR count). The molecule has 0 atom stereocenters. The minimum absolute atomic E-state index is 0. The van der Waals surface area contributed by atoms with Gasteiger partial charge >= 0.3 is 0 Å². The Morgan fingerprint density at radius 2 is 1.75 bits per heavy atom. The molecule has 0 aromatic carbocycles. The van der Waals surface area contributed by atoms with Crippen LogP contribution < -0.4 is 0 Å². The average molecular weight is 130 g/mol. The molecule has 19 valence electrons. The lowest BCUT2D eigenvalue weighted by molar-refractivity contribution is 2.59. The second-order valence-electron chi connectivity index (χ2n) is 0.126. The first kappa shape index (κ1) is 8.88. The van der Waals surface area contributed by atoms with Gasteiger partial charge in [0.2, 0.25) is 0 Å². The Morgan fingerprint density at radius 3 is 1.75 bits per heavy atom. The molecular formula is C2H2BrMg. The van der Waals surface area contributed by atoms with Gasteiger partial charge in [0.1, 0.15) is 0 Å². The number of hydrogen-bond donors (Lipinski definition) is 0. The van der Waals surface area contributed by atoms with Crippen molar-refractivity contribution in [3.8, 4) is 0 Å². The molecule has 0 spiro atoms. The van der Waals surface area contributed by atoms with Crippen LogP contribution in [-0.2, 0) is 0 Å². The molecule has 0 aromatic heterocycles. The number of halogens is 1. The minimum Gasteiger partial charge on any atom is -0.0595 e. The van der Waals surface area contributed by atoms with E-state index in [1.54, 1.807) is 0 Å². The van der Waals surface area contributed by atoms with E-state index < -0.39 is 0 Å². The summed E-state index contributed by atoms with van der Waals surface area (Å²) in [4.78, 5) is 1.31. The summed E-state index contributed by atoms with van der Waals surface area (Å²) in [6.07, 6.45) is 0. The third-order valence-corrected chi connectivity index (χ3v) is 0. The highest BCUT2D eigenvalue weighted by molar-refractivity contribution is 9.11. The van der Waals surface area contributed by atoms with Crippen molar-refractivity contribution in [2.45, 2.75) is 0 Å². The standard InChI is InChI=1S/C2H2Br.Mg/c1-2-3;/h1-2H;. The molecule has 0 aliphatic carbocycles. The molecular weight excluding hydrogens is 128 g/mol. The predicted octanol–water partition coefficient (Wildman–Crippen LogP) is 0.947. The maximum absolute atomic E-state index is 4.64. The summed E-state index contributed by atoms with van der Waals surface area (Å²) in [6, 6.07) is 0. The third-order valence-electron chi connectivity index (χ3n) is 0. The maximum atomic E-state index is 4.64. The highest BCUT2D eigenvalue weighted by Gasteiger charge is 1.19. The molecule has 0 N–H and O–H groups in total. The summed E-state index contributed by atoms with van der Waals surface area (Å²) in [5, 5.41) is 0. The van der Waals surface area contributed by atoms with E-state index >= 15 is 0 Å². The van der Waals surface area contributed by atoms with Crippen LogP contribution in [0.4, 0.5) is 0 Å². The Hall–Kier alpha value is 0.986. The zero-order valence-electron chi connectivity index (χ0n) is 2.24. The zero-order valence-corrected chi connectivity index (χ0v) is 5.24. The van der Waals surface area contributed by atoms with Crippen molar-refractivity contribution in [2.75, 3.05) is 0 Å². The Labute approximate surface area is 50.6 Å². The summed E-state index contributed by atoms with van der Waals surface area (Å²) in [5.74, 6) is 0. The van der Waals surface area contributed by atoms with Gasteiger partial charge in [-0.05, 0) is 4.99 Å². The van der Waals surface area contributed by atoms with Crippen LogP contribution in [0.5, 0.6) is 0 Å². The molecule has 2 heteroatoms. The van der Waals surface area contributed by atoms with E-state index in [0.717, 1.165) is 0 Å². The highest BCUT2D eigenvalue weighted by Crippen LogP contribution is 1.68. The lowest BCUT2D eigenvalue weighted by Crippen LogP contribution is -0.914. The lowest BCUT2D eigenvalue weighted by atomic mass is 11.3. The minimum atomic E-state index is 0. The second-order valence-corrected chi connectivity index (χ2v) is 0.655. The van der Waals surface area contributed by atoms with E-state index in [4.69, 9.17) is 0 Å². The second kappa shape index (κ2) is 9.01. The summed E-state index contributed by atoms with van der Waals surface area (Å²) in [5.41, 5.74) is 0. The van der Waals surface area contributed by atoms with Gasteiger partial charge in [-0.25, -0.2) is 0 Å². The van der Waals surface area contributed by atoms with Crippen LogP contribution in [0.3, 0.4) is 0 Å². The van der Waals surface area contributed by atoms with Crippen molar-refractivity contribution < 1.29 is 0 Å². The number of hydrogen-bond acceptors (Lipinski definition) is 0. The van der Waals surface area contributed by atoms with Crippen molar-refractivity contribution in [3.05, 3.63) is 11.6 Å². The van der Waals surface area contributed by atoms with E-state index in [1.165, 1.54) is 4.99 Å². The molecule has 0 aliphatic heterocycles. The molecule has 0 saturated carbocycles. The molecule has 0 aliphatic rings. The van der Waals surface area contributed by atoms with E-state index in [-0.39, 0.29) is 23.1 Å². The molecule has 0 fully saturated rings. The normalized spacial score (nSPS) is 3.25. The van der Waals surface area contributed by atoms with Gasteiger partial charge in [0, 0.05) is 23.1 Å². The van der Waals surface area contributed by atoms with Crippen LogP contribution >= 0.6 is 15.9 Å². The molecule has 0 amide bonds. The SMILES string of the molecule is [CH]=CBr.[Mg]. The van der Waals surface area contributed by atoms with Crippen molar-refractivity contribution in [2.24, 2.45) is 0 Å². The Bertz CT molecular complexity index is 13.5. The van der Waals surface area contributed by atoms with E-state index in [1.807, 2.05) is 0 Å². The first-order chi connectivity index (χ1) is 1.41.